The summed E-state index contributed by atoms with van der Waals surface area (Å²) in [5.74, 6) is -0.533. The fourth-order valence-electron chi connectivity index (χ4n) is 2.47. The number of nitrogens with two attached hydrogens (primary N) is 1. The van der Waals surface area contributed by atoms with Crippen LogP contribution in [0.15, 0.2) is 35.0 Å². The highest BCUT2D eigenvalue weighted by Crippen LogP contribution is 2.17. The lowest BCUT2D eigenvalue weighted by molar-refractivity contribution is -0.130. The van der Waals surface area contributed by atoms with Crippen LogP contribution in [-0.2, 0) is 4.79 Å². The summed E-state index contributed by atoms with van der Waals surface area (Å²) in [6, 6.07) is 6.36. The highest BCUT2D eigenvalue weighted by atomic mass is 35.5. The fraction of sp³-hybridized carbons (Fsp3) is 0.375. The number of hydrogen-bond acceptors (Lipinski definition) is 4. The summed E-state index contributed by atoms with van der Waals surface area (Å²) in [4.78, 5) is 16.1. The predicted octanol–water partition coefficient (Wildman–Crippen LogP) is 1.47. The molecule has 1 aliphatic rings. The van der Waals surface area contributed by atoms with Gasteiger partial charge in [-0.05, 0) is 31.2 Å². The number of anilines is 1. The molecule has 0 unspecified atom stereocenters. The highest BCUT2D eigenvalue weighted by Gasteiger charge is 2.21. The van der Waals surface area contributed by atoms with Crippen LogP contribution < -0.4 is 16.0 Å². The van der Waals surface area contributed by atoms with E-state index in [9.17, 15) is 9.18 Å². The van der Waals surface area contributed by atoms with Crippen molar-refractivity contribution in [2.24, 2.45) is 5.73 Å². The second-order valence-corrected chi connectivity index (χ2v) is 5.93. The minimum Gasteiger partial charge on any atom is -0.383 e. The normalized spacial score (nSPS) is 15.8. The number of carbonyl (C=O) groups excluding carboxylic acids is 1. The van der Waals surface area contributed by atoms with E-state index in [0.29, 0.717) is 31.9 Å². The van der Waals surface area contributed by atoms with E-state index >= 15 is 0 Å². The number of halogens is 2. The zero-order valence-corrected chi connectivity index (χ0v) is 14.2. The van der Waals surface area contributed by atoms with Crippen molar-refractivity contribution in [2.45, 2.75) is 6.92 Å². The van der Waals surface area contributed by atoms with Gasteiger partial charge in [0.15, 0.2) is 0 Å². The van der Waals surface area contributed by atoms with E-state index in [1.165, 1.54) is 12.1 Å². The van der Waals surface area contributed by atoms with E-state index < -0.39 is 0 Å². The van der Waals surface area contributed by atoms with E-state index in [1.807, 2.05) is 0 Å². The summed E-state index contributed by atoms with van der Waals surface area (Å²) < 4.78 is 13.0. The molecule has 0 saturated carbocycles. The molecule has 2 rings (SSSR count). The summed E-state index contributed by atoms with van der Waals surface area (Å²) in [6.07, 6.45) is 0. The van der Waals surface area contributed by atoms with Crippen LogP contribution in [0.3, 0.4) is 0 Å². The first kappa shape index (κ1) is 18.1. The Morgan fingerprint density at radius 3 is 2.42 bits per heavy atom. The standard InChI is InChI=1S/C16H21ClFN5O/c1-11(15(17)16(19)20)21-10-14(24)23-8-6-22(7-9-23)13-4-2-12(18)3-5-13/h2-5,21H,6-10H2,1H3,(H3,19,20)/b15-11+. The van der Waals surface area contributed by atoms with Crippen LogP contribution in [-0.4, -0.2) is 49.4 Å². The Kier molecular flexibility index (Phi) is 6.03. The maximum atomic E-state index is 13.0. The molecular formula is C16H21ClFN5O. The number of nitrogens with zero attached hydrogens (tertiary/aromatic N) is 2. The van der Waals surface area contributed by atoms with Gasteiger partial charge in [-0.15, -0.1) is 0 Å². The maximum Gasteiger partial charge on any atom is 0.241 e. The molecular weight excluding hydrogens is 333 g/mol. The van der Waals surface area contributed by atoms with E-state index in [-0.39, 0.29) is 29.1 Å². The number of amides is 1. The largest absolute Gasteiger partial charge is 0.383 e. The number of amidine groups is 1. The lowest BCUT2D eigenvalue weighted by Crippen LogP contribution is -2.50. The van der Waals surface area contributed by atoms with Gasteiger partial charge in [0, 0.05) is 37.6 Å². The first-order valence-corrected chi connectivity index (χ1v) is 7.99. The van der Waals surface area contributed by atoms with Crippen molar-refractivity contribution in [1.82, 2.24) is 10.2 Å². The molecule has 1 aliphatic heterocycles. The minimum absolute atomic E-state index is 0.0406. The molecule has 0 atom stereocenters. The molecule has 0 bridgehead atoms. The molecule has 0 aromatic heterocycles. The Morgan fingerprint density at radius 2 is 1.88 bits per heavy atom. The number of hydrogen-bond donors (Lipinski definition) is 3. The third-order valence-electron chi connectivity index (χ3n) is 3.89. The monoisotopic (exact) mass is 353 g/mol. The number of nitrogens with one attached hydrogen (secondary N) is 2. The number of allylic oxidation sites excluding steroid dienone is 1. The van der Waals surface area contributed by atoms with Crippen molar-refractivity contribution >= 4 is 29.0 Å². The van der Waals surface area contributed by atoms with Crippen LogP contribution in [0.2, 0.25) is 0 Å². The molecule has 1 amide bonds. The van der Waals surface area contributed by atoms with Gasteiger partial charge in [0.05, 0.1) is 6.54 Å². The number of piperazine rings is 1. The van der Waals surface area contributed by atoms with Crippen LogP contribution >= 0.6 is 11.6 Å². The topological polar surface area (TPSA) is 85.5 Å². The van der Waals surface area contributed by atoms with E-state index in [2.05, 4.69) is 10.2 Å². The van der Waals surface area contributed by atoms with Gasteiger partial charge in [-0.1, -0.05) is 11.6 Å². The van der Waals surface area contributed by atoms with Gasteiger partial charge in [0.25, 0.3) is 0 Å². The van der Waals surface area contributed by atoms with Crippen molar-refractivity contribution in [3.05, 3.63) is 40.8 Å². The average Bonchev–Trinajstić information content (AvgIpc) is 2.59. The first-order valence-electron chi connectivity index (χ1n) is 7.61. The van der Waals surface area contributed by atoms with Crippen molar-refractivity contribution in [1.29, 1.82) is 5.41 Å². The lowest BCUT2D eigenvalue weighted by Gasteiger charge is -2.36. The fourth-order valence-corrected chi connectivity index (χ4v) is 2.53. The molecule has 0 spiro atoms. The summed E-state index contributed by atoms with van der Waals surface area (Å²) in [5, 5.41) is 10.3. The molecule has 130 valence electrons. The van der Waals surface area contributed by atoms with E-state index in [1.54, 1.807) is 24.0 Å². The van der Waals surface area contributed by atoms with Crippen LogP contribution in [0.4, 0.5) is 10.1 Å². The SMILES string of the molecule is C/C(NCC(=O)N1CCN(c2ccc(F)cc2)CC1)=C(\Cl)C(=N)N. The molecule has 1 aromatic rings. The van der Waals surface area contributed by atoms with Crippen molar-refractivity contribution in [3.63, 3.8) is 0 Å². The third kappa shape index (κ3) is 4.61. The Balaban J connectivity index is 1.83. The second kappa shape index (κ2) is 8.01. The lowest BCUT2D eigenvalue weighted by atomic mass is 10.2. The zero-order valence-electron chi connectivity index (χ0n) is 13.5. The average molecular weight is 354 g/mol. The van der Waals surface area contributed by atoms with E-state index in [0.717, 1.165) is 5.69 Å². The predicted molar refractivity (Wildman–Crippen MR) is 93.7 cm³/mol. The molecule has 1 saturated heterocycles. The van der Waals surface area contributed by atoms with Gasteiger partial charge < -0.3 is 20.9 Å². The molecule has 24 heavy (non-hydrogen) atoms. The smallest absolute Gasteiger partial charge is 0.241 e. The molecule has 4 N–H and O–H groups in total. The Labute approximate surface area is 145 Å². The second-order valence-electron chi connectivity index (χ2n) is 5.55. The van der Waals surface area contributed by atoms with E-state index in [4.69, 9.17) is 22.7 Å². The summed E-state index contributed by atoms with van der Waals surface area (Å²) in [6.45, 7) is 4.36. The maximum absolute atomic E-state index is 13.0. The van der Waals surface area contributed by atoms with Gasteiger partial charge in [-0.3, -0.25) is 10.2 Å². The van der Waals surface area contributed by atoms with Crippen molar-refractivity contribution in [2.75, 3.05) is 37.6 Å². The van der Waals surface area contributed by atoms with Gasteiger partial charge in [-0.25, -0.2) is 4.39 Å². The van der Waals surface area contributed by atoms with Crippen LogP contribution in [0, 0.1) is 11.2 Å². The summed E-state index contributed by atoms with van der Waals surface area (Å²) in [7, 11) is 0. The number of rotatable bonds is 5. The van der Waals surface area contributed by atoms with Crippen LogP contribution in [0.5, 0.6) is 0 Å². The highest BCUT2D eigenvalue weighted by molar-refractivity contribution is 6.42. The van der Waals surface area contributed by atoms with Crippen LogP contribution in [0.25, 0.3) is 0 Å². The third-order valence-corrected chi connectivity index (χ3v) is 4.38. The van der Waals surface area contributed by atoms with Crippen LogP contribution in [0.1, 0.15) is 6.92 Å². The number of benzene rings is 1. The van der Waals surface area contributed by atoms with Crippen molar-refractivity contribution in [3.8, 4) is 0 Å². The van der Waals surface area contributed by atoms with Gasteiger partial charge in [0.1, 0.15) is 16.7 Å². The first-order chi connectivity index (χ1) is 11.4. The summed E-state index contributed by atoms with van der Waals surface area (Å²) >= 11 is 5.84. The summed E-state index contributed by atoms with van der Waals surface area (Å²) in [5.41, 5.74) is 6.75. The Hall–Kier alpha value is -2.28. The minimum atomic E-state index is -0.258. The van der Waals surface area contributed by atoms with Gasteiger partial charge >= 0.3 is 0 Å². The molecule has 8 heteroatoms. The molecule has 0 aliphatic carbocycles. The molecule has 0 radical (unpaired) electrons. The molecule has 1 fully saturated rings. The van der Waals surface area contributed by atoms with Gasteiger partial charge in [-0.2, -0.15) is 0 Å². The molecule has 1 heterocycles. The van der Waals surface area contributed by atoms with Gasteiger partial charge in [0.2, 0.25) is 5.91 Å². The zero-order chi connectivity index (χ0) is 17.7. The Morgan fingerprint density at radius 1 is 1.29 bits per heavy atom. The Bertz CT molecular complexity index is 638. The van der Waals surface area contributed by atoms with Crippen molar-refractivity contribution < 1.29 is 9.18 Å². The quantitative estimate of drug-likeness (QED) is 0.553. The molecule has 6 nitrogen and oxygen atoms in total. The number of carbonyl (C=O) groups is 1. The molecule has 1 aromatic carbocycles.